The van der Waals surface area contributed by atoms with Gasteiger partial charge in [0.1, 0.15) is 0 Å². The first-order valence-electron chi connectivity index (χ1n) is 9.92. The maximum Gasteiger partial charge on any atom is 0.465 e. The van der Waals surface area contributed by atoms with Crippen molar-refractivity contribution in [2.45, 2.75) is 99.1 Å². The third-order valence-electron chi connectivity index (χ3n) is 5.41. The summed E-state index contributed by atoms with van der Waals surface area (Å²) in [6.45, 7) is 21.0. The molecule has 5 heteroatoms. The summed E-state index contributed by atoms with van der Waals surface area (Å²) in [5.41, 5.74) is -0.0320. The van der Waals surface area contributed by atoms with Gasteiger partial charge in [0.25, 0.3) is 0 Å². The monoisotopic (exact) mass is 366 g/mol. The second-order valence-corrected chi connectivity index (χ2v) is 9.71. The van der Waals surface area contributed by atoms with Crippen molar-refractivity contribution in [2.75, 3.05) is 6.61 Å². The van der Waals surface area contributed by atoms with Gasteiger partial charge >= 0.3 is 13.1 Å². The standard InChI is InChI=1S/C21H39BO4/c1-11-24-18(23)19(5,6)14-16(4)13-17(12-15(2)3)22-25-20(7,8)21(9,10)26-22/h13,15,17H,11-12,14H2,1-10H3/b16-13+. The molecule has 1 rings (SSSR count). The van der Waals surface area contributed by atoms with Crippen LogP contribution >= 0.6 is 0 Å². The highest BCUT2D eigenvalue weighted by Crippen LogP contribution is 2.42. The zero-order chi connectivity index (χ0) is 20.3. The maximum atomic E-state index is 12.2. The van der Waals surface area contributed by atoms with Crippen molar-refractivity contribution in [3.8, 4) is 0 Å². The van der Waals surface area contributed by atoms with Crippen molar-refractivity contribution in [2.24, 2.45) is 11.3 Å². The van der Waals surface area contributed by atoms with Crippen molar-refractivity contribution < 1.29 is 18.8 Å². The first kappa shape index (κ1) is 23.2. The molecular formula is C21H39BO4. The van der Waals surface area contributed by atoms with Crippen molar-refractivity contribution in [1.82, 2.24) is 0 Å². The van der Waals surface area contributed by atoms with Crippen LogP contribution in [0.2, 0.25) is 5.82 Å². The molecule has 0 bridgehead atoms. The molecule has 0 spiro atoms. The normalized spacial score (nSPS) is 21.2. The molecule has 1 fully saturated rings. The number of hydrogen-bond acceptors (Lipinski definition) is 4. The lowest BCUT2D eigenvalue weighted by atomic mass is 9.66. The quantitative estimate of drug-likeness (QED) is 0.327. The zero-order valence-electron chi connectivity index (χ0n) is 18.6. The fourth-order valence-corrected chi connectivity index (χ4v) is 3.39. The van der Waals surface area contributed by atoms with Gasteiger partial charge in [-0.15, -0.1) is 0 Å². The molecule has 0 saturated carbocycles. The van der Waals surface area contributed by atoms with E-state index in [1.807, 2.05) is 20.8 Å². The Morgan fingerprint density at radius 2 is 1.65 bits per heavy atom. The van der Waals surface area contributed by atoms with Crippen molar-refractivity contribution in [3.63, 3.8) is 0 Å². The molecule has 1 aliphatic heterocycles. The van der Waals surface area contributed by atoms with Crippen LogP contribution in [0.5, 0.6) is 0 Å². The van der Waals surface area contributed by atoms with Crippen LogP contribution in [0, 0.1) is 11.3 Å². The van der Waals surface area contributed by atoms with Crippen LogP contribution in [0.25, 0.3) is 0 Å². The maximum absolute atomic E-state index is 12.2. The summed E-state index contributed by atoms with van der Waals surface area (Å²) < 4.78 is 17.8. The molecule has 1 unspecified atom stereocenters. The predicted octanol–water partition coefficient (Wildman–Crippen LogP) is 5.42. The molecule has 1 atom stereocenters. The molecule has 0 N–H and O–H groups in total. The Morgan fingerprint density at radius 1 is 1.15 bits per heavy atom. The number of ether oxygens (including phenoxy) is 1. The van der Waals surface area contributed by atoms with E-state index in [-0.39, 0.29) is 30.1 Å². The van der Waals surface area contributed by atoms with Crippen molar-refractivity contribution in [1.29, 1.82) is 0 Å². The summed E-state index contributed by atoms with van der Waals surface area (Å²) in [5.74, 6) is 0.541. The number of hydrogen-bond donors (Lipinski definition) is 0. The summed E-state index contributed by atoms with van der Waals surface area (Å²) in [6.07, 6.45) is 3.89. The number of carbonyl (C=O) groups excluding carboxylic acids is 1. The van der Waals surface area contributed by atoms with Crippen molar-refractivity contribution >= 4 is 13.1 Å². The van der Waals surface area contributed by atoms with E-state index in [4.69, 9.17) is 14.0 Å². The minimum atomic E-state index is -0.533. The van der Waals surface area contributed by atoms with E-state index in [0.717, 1.165) is 6.42 Å². The summed E-state index contributed by atoms with van der Waals surface area (Å²) in [7, 11) is -0.261. The van der Waals surface area contributed by atoms with Crippen molar-refractivity contribution in [3.05, 3.63) is 11.6 Å². The van der Waals surface area contributed by atoms with Gasteiger partial charge in [0.15, 0.2) is 0 Å². The summed E-state index contributed by atoms with van der Waals surface area (Å²) >= 11 is 0. The number of allylic oxidation sites excluding steroid dienone is 2. The van der Waals surface area contributed by atoms with Gasteiger partial charge in [-0.05, 0) is 74.1 Å². The molecule has 0 aromatic carbocycles. The molecule has 0 aromatic rings. The molecule has 26 heavy (non-hydrogen) atoms. The highest BCUT2D eigenvalue weighted by molar-refractivity contribution is 6.48. The van der Waals surface area contributed by atoms with E-state index in [9.17, 15) is 4.79 Å². The molecule has 0 aromatic heterocycles. The molecule has 4 nitrogen and oxygen atoms in total. The Morgan fingerprint density at radius 3 is 2.08 bits per heavy atom. The smallest absolute Gasteiger partial charge is 0.465 e. The van der Waals surface area contributed by atoms with Gasteiger partial charge in [-0.2, -0.15) is 0 Å². The third-order valence-corrected chi connectivity index (χ3v) is 5.41. The molecule has 1 aliphatic rings. The van der Waals surface area contributed by atoms with Crippen LogP contribution in [0.15, 0.2) is 11.6 Å². The topological polar surface area (TPSA) is 44.8 Å². The Bertz CT molecular complexity index is 504. The number of carbonyl (C=O) groups is 1. The van der Waals surface area contributed by atoms with Crippen LogP contribution in [0.1, 0.15) is 82.1 Å². The minimum absolute atomic E-state index is 0.149. The summed E-state index contributed by atoms with van der Waals surface area (Å²) in [6, 6.07) is 0. The van der Waals surface area contributed by atoms with E-state index < -0.39 is 5.41 Å². The fraction of sp³-hybridized carbons (Fsp3) is 0.857. The van der Waals surface area contributed by atoms with Crippen LogP contribution in [0.4, 0.5) is 0 Å². The Kier molecular flexibility index (Phi) is 7.57. The van der Waals surface area contributed by atoms with Gasteiger partial charge in [0.05, 0.1) is 23.2 Å². The Balaban J connectivity index is 2.97. The lowest BCUT2D eigenvalue weighted by molar-refractivity contribution is -0.153. The lowest BCUT2D eigenvalue weighted by Crippen LogP contribution is -2.41. The second-order valence-electron chi connectivity index (χ2n) is 9.71. The van der Waals surface area contributed by atoms with Crippen LogP contribution < -0.4 is 0 Å². The highest BCUT2D eigenvalue weighted by atomic mass is 16.7. The average Bonchev–Trinajstić information content (AvgIpc) is 2.65. The van der Waals surface area contributed by atoms with Gasteiger partial charge in [0.2, 0.25) is 0 Å². The van der Waals surface area contributed by atoms with Crippen LogP contribution in [-0.4, -0.2) is 30.9 Å². The van der Waals surface area contributed by atoms with Gasteiger partial charge < -0.3 is 14.0 Å². The lowest BCUT2D eigenvalue weighted by Gasteiger charge is -2.32. The molecular weight excluding hydrogens is 327 g/mol. The third kappa shape index (κ3) is 5.85. The van der Waals surface area contributed by atoms with Gasteiger partial charge in [-0.3, -0.25) is 4.79 Å². The largest absolute Gasteiger partial charge is 0.466 e. The number of esters is 1. The van der Waals surface area contributed by atoms with E-state index in [2.05, 4.69) is 54.5 Å². The molecule has 1 heterocycles. The number of rotatable bonds is 8. The van der Waals surface area contributed by atoms with E-state index in [1.54, 1.807) is 0 Å². The SMILES string of the molecule is CCOC(=O)C(C)(C)C/C(C)=C/C(CC(C)C)B1OC(C)(C)C(C)(C)O1. The fourth-order valence-electron chi connectivity index (χ4n) is 3.39. The first-order chi connectivity index (χ1) is 11.7. The molecule has 0 amide bonds. The second kappa shape index (κ2) is 8.47. The van der Waals surface area contributed by atoms with Gasteiger partial charge in [-0.25, -0.2) is 0 Å². The highest BCUT2D eigenvalue weighted by Gasteiger charge is 2.53. The van der Waals surface area contributed by atoms with Crippen LogP contribution in [0.3, 0.4) is 0 Å². The van der Waals surface area contributed by atoms with E-state index in [1.165, 1.54) is 5.57 Å². The van der Waals surface area contributed by atoms with E-state index in [0.29, 0.717) is 18.9 Å². The van der Waals surface area contributed by atoms with Gasteiger partial charge in [0, 0.05) is 5.82 Å². The molecule has 150 valence electrons. The molecule has 0 radical (unpaired) electrons. The Labute approximate surface area is 161 Å². The first-order valence-corrected chi connectivity index (χ1v) is 9.92. The summed E-state index contributed by atoms with van der Waals surface area (Å²) in [5, 5.41) is 0. The average molecular weight is 366 g/mol. The predicted molar refractivity (Wildman–Crippen MR) is 108 cm³/mol. The van der Waals surface area contributed by atoms with E-state index >= 15 is 0 Å². The van der Waals surface area contributed by atoms with Gasteiger partial charge in [-0.1, -0.05) is 25.5 Å². The Hall–Kier alpha value is -0.805. The summed E-state index contributed by atoms with van der Waals surface area (Å²) in [4.78, 5) is 12.2. The molecule has 1 saturated heterocycles. The molecule has 0 aliphatic carbocycles. The minimum Gasteiger partial charge on any atom is -0.466 e. The zero-order valence-corrected chi connectivity index (χ0v) is 18.6. The van der Waals surface area contributed by atoms with Crippen LogP contribution in [-0.2, 0) is 18.8 Å².